The van der Waals surface area contributed by atoms with E-state index in [1.807, 2.05) is 12.1 Å². The van der Waals surface area contributed by atoms with Crippen molar-refractivity contribution in [2.45, 2.75) is 32.7 Å². The number of amides is 1. The highest BCUT2D eigenvalue weighted by atomic mass is 16.5. The van der Waals surface area contributed by atoms with Gasteiger partial charge in [0, 0.05) is 5.92 Å². The average molecular weight is 319 g/mol. The molecule has 0 aromatic heterocycles. The number of aliphatic carboxylic acids is 1. The van der Waals surface area contributed by atoms with E-state index < -0.39 is 29.8 Å². The fraction of sp³-hybridized carbons (Fsp3) is 0.471. The summed E-state index contributed by atoms with van der Waals surface area (Å²) in [4.78, 5) is 35.6. The van der Waals surface area contributed by atoms with Crippen molar-refractivity contribution in [2.24, 2.45) is 11.8 Å². The molecule has 2 heterocycles. The summed E-state index contributed by atoms with van der Waals surface area (Å²) in [7, 11) is 0. The minimum atomic E-state index is -1.04. The highest BCUT2D eigenvalue weighted by Gasteiger charge is 2.32. The molecule has 1 aromatic rings. The smallest absolute Gasteiger partial charge is 0.307 e. The number of benzene rings is 1. The molecule has 3 rings (SSSR count). The Kier molecular flexibility index (Phi) is 5.36. The van der Waals surface area contributed by atoms with Crippen molar-refractivity contribution in [2.75, 3.05) is 6.61 Å². The van der Waals surface area contributed by atoms with E-state index in [1.165, 1.54) is 6.92 Å². The fourth-order valence-corrected chi connectivity index (χ4v) is 2.63. The fourth-order valence-electron chi connectivity index (χ4n) is 2.63. The van der Waals surface area contributed by atoms with Gasteiger partial charge in [0.05, 0.1) is 18.6 Å². The highest BCUT2D eigenvalue weighted by Crippen LogP contribution is 2.20. The third-order valence-electron chi connectivity index (χ3n) is 4.20. The molecule has 1 aromatic carbocycles. The van der Waals surface area contributed by atoms with Crippen LogP contribution in [0.1, 0.15) is 25.8 Å². The lowest BCUT2D eigenvalue weighted by atomic mass is 9.90. The maximum atomic E-state index is 12.3. The SMILES string of the molecule is CC(=O)[C@@H]1Cc2ccc(cc2)OCC[C@H](C(=O)O)[C@@H](C)C(=O)N1. The predicted octanol–water partition coefficient (Wildman–Crippen LogP) is 1.42. The second-order valence-corrected chi connectivity index (χ2v) is 5.89. The van der Waals surface area contributed by atoms with Crippen molar-refractivity contribution in [3.8, 4) is 5.75 Å². The Morgan fingerprint density at radius 1 is 1.26 bits per heavy atom. The van der Waals surface area contributed by atoms with Crippen LogP contribution in [0.25, 0.3) is 0 Å². The Balaban J connectivity index is 2.30. The first kappa shape index (κ1) is 17.0. The summed E-state index contributed by atoms with van der Waals surface area (Å²) in [5.41, 5.74) is 0.902. The van der Waals surface area contributed by atoms with Crippen molar-refractivity contribution < 1.29 is 24.2 Å². The summed E-state index contributed by atoms with van der Waals surface area (Å²) in [6, 6.07) is 6.59. The van der Waals surface area contributed by atoms with Crippen LogP contribution in [0.3, 0.4) is 0 Å². The van der Waals surface area contributed by atoms with Crippen LogP contribution >= 0.6 is 0 Å². The Morgan fingerprint density at radius 3 is 2.48 bits per heavy atom. The van der Waals surface area contributed by atoms with E-state index in [2.05, 4.69) is 5.32 Å². The van der Waals surface area contributed by atoms with Crippen LogP contribution in [0, 0.1) is 11.8 Å². The van der Waals surface area contributed by atoms with Crippen LogP contribution in [0.15, 0.2) is 24.3 Å². The molecule has 23 heavy (non-hydrogen) atoms. The largest absolute Gasteiger partial charge is 0.494 e. The molecule has 0 unspecified atom stereocenters. The summed E-state index contributed by atoms with van der Waals surface area (Å²) >= 11 is 0. The standard InChI is InChI=1S/C17H21NO5/c1-10-14(17(21)22)7-8-23-13-5-3-12(4-6-13)9-15(11(2)19)18-16(10)20/h3-6,10,14-15H,7-9H2,1-2H3,(H,18,20)(H,21,22)/t10-,14+,15+/m1/s1. The normalized spacial score (nSPS) is 25.3. The zero-order chi connectivity index (χ0) is 17.0. The van der Waals surface area contributed by atoms with Gasteiger partial charge in [0.2, 0.25) is 5.91 Å². The number of Topliss-reactive ketones (excluding diaryl/α,β-unsaturated/α-hetero) is 1. The molecule has 6 heteroatoms. The second-order valence-electron chi connectivity index (χ2n) is 5.89. The van der Waals surface area contributed by atoms with E-state index in [1.54, 1.807) is 19.1 Å². The van der Waals surface area contributed by atoms with Gasteiger partial charge >= 0.3 is 5.97 Å². The zero-order valence-corrected chi connectivity index (χ0v) is 13.2. The summed E-state index contributed by atoms with van der Waals surface area (Å²) in [5, 5.41) is 12.0. The number of carbonyl (C=O) groups excluding carboxylic acids is 2. The molecule has 0 spiro atoms. The summed E-state index contributed by atoms with van der Waals surface area (Å²) in [6.07, 6.45) is 0.586. The quantitative estimate of drug-likeness (QED) is 0.860. The van der Waals surface area contributed by atoms with E-state index in [0.717, 1.165) is 5.56 Å². The van der Waals surface area contributed by atoms with E-state index in [9.17, 15) is 19.5 Å². The van der Waals surface area contributed by atoms with E-state index in [-0.39, 0.29) is 18.8 Å². The minimum Gasteiger partial charge on any atom is -0.494 e. The number of hydrogen-bond acceptors (Lipinski definition) is 4. The van der Waals surface area contributed by atoms with Crippen molar-refractivity contribution in [1.82, 2.24) is 5.32 Å². The van der Waals surface area contributed by atoms with Gasteiger partial charge in [0.15, 0.2) is 5.78 Å². The Hall–Kier alpha value is -2.37. The number of rotatable bonds is 2. The van der Waals surface area contributed by atoms with Gasteiger partial charge in [-0.2, -0.15) is 0 Å². The number of hydrogen-bond donors (Lipinski definition) is 2. The lowest BCUT2D eigenvalue weighted by molar-refractivity contribution is -0.147. The molecule has 0 aliphatic carbocycles. The van der Waals surface area contributed by atoms with Gasteiger partial charge in [-0.05, 0) is 37.5 Å². The first-order valence-electron chi connectivity index (χ1n) is 7.64. The maximum absolute atomic E-state index is 12.3. The molecular formula is C17H21NO5. The van der Waals surface area contributed by atoms with Crippen LogP contribution in [-0.4, -0.2) is 35.4 Å². The van der Waals surface area contributed by atoms with Crippen molar-refractivity contribution in [3.05, 3.63) is 29.8 Å². The first-order chi connectivity index (χ1) is 10.9. The molecule has 2 N–H and O–H groups in total. The van der Waals surface area contributed by atoms with E-state index in [0.29, 0.717) is 12.2 Å². The molecule has 0 radical (unpaired) electrons. The molecule has 0 saturated carbocycles. The molecule has 6 nitrogen and oxygen atoms in total. The molecule has 2 aliphatic heterocycles. The van der Waals surface area contributed by atoms with Crippen LogP contribution in [-0.2, 0) is 20.8 Å². The number of ketones is 1. The molecule has 1 amide bonds. The van der Waals surface area contributed by atoms with E-state index in [4.69, 9.17) is 4.74 Å². The lowest BCUT2D eigenvalue weighted by Gasteiger charge is -2.22. The van der Waals surface area contributed by atoms with Crippen LogP contribution < -0.4 is 10.1 Å². The zero-order valence-electron chi connectivity index (χ0n) is 13.2. The van der Waals surface area contributed by atoms with Gasteiger partial charge in [0.25, 0.3) is 0 Å². The summed E-state index contributed by atoms with van der Waals surface area (Å²) in [6.45, 7) is 3.19. The summed E-state index contributed by atoms with van der Waals surface area (Å²) < 4.78 is 5.55. The molecule has 2 bridgehead atoms. The molecule has 3 atom stereocenters. The number of carboxylic acids is 1. The summed E-state index contributed by atoms with van der Waals surface area (Å²) in [5.74, 6) is -2.59. The molecule has 124 valence electrons. The minimum absolute atomic E-state index is 0.160. The predicted molar refractivity (Wildman–Crippen MR) is 83.2 cm³/mol. The first-order valence-corrected chi connectivity index (χ1v) is 7.64. The molecule has 0 fully saturated rings. The number of nitrogens with one attached hydrogen (secondary N) is 1. The van der Waals surface area contributed by atoms with E-state index >= 15 is 0 Å². The monoisotopic (exact) mass is 319 g/mol. The number of ether oxygens (including phenoxy) is 1. The molecule has 0 saturated heterocycles. The van der Waals surface area contributed by atoms with Crippen LogP contribution in [0.2, 0.25) is 0 Å². The van der Waals surface area contributed by atoms with Gasteiger partial charge in [-0.3, -0.25) is 14.4 Å². The van der Waals surface area contributed by atoms with Gasteiger partial charge in [0.1, 0.15) is 5.75 Å². The maximum Gasteiger partial charge on any atom is 0.307 e. The van der Waals surface area contributed by atoms with Crippen molar-refractivity contribution in [3.63, 3.8) is 0 Å². The number of carbonyl (C=O) groups is 3. The molecular weight excluding hydrogens is 298 g/mol. The van der Waals surface area contributed by atoms with Crippen LogP contribution in [0.4, 0.5) is 0 Å². The highest BCUT2D eigenvalue weighted by molar-refractivity contribution is 5.90. The topological polar surface area (TPSA) is 92.7 Å². The van der Waals surface area contributed by atoms with Crippen molar-refractivity contribution in [1.29, 1.82) is 0 Å². The Morgan fingerprint density at radius 2 is 1.91 bits per heavy atom. The number of carboxylic acid groups (broad SMARTS) is 1. The number of fused-ring (bicyclic) bond motifs is 10. The third-order valence-corrected chi connectivity index (χ3v) is 4.20. The lowest BCUT2D eigenvalue weighted by Crippen LogP contribution is -2.46. The second kappa shape index (κ2) is 7.26. The van der Waals surface area contributed by atoms with Crippen LogP contribution in [0.5, 0.6) is 5.75 Å². The van der Waals surface area contributed by atoms with Crippen molar-refractivity contribution >= 4 is 17.7 Å². The average Bonchev–Trinajstić information content (AvgIpc) is 2.52. The van der Waals surface area contributed by atoms with Gasteiger partial charge in [-0.25, -0.2) is 0 Å². The van der Waals surface area contributed by atoms with Gasteiger partial charge < -0.3 is 15.2 Å². The Labute approximate surface area is 134 Å². The Bertz CT molecular complexity index is 596. The third kappa shape index (κ3) is 4.31. The van der Waals surface area contributed by atoms with Gasteiger partial charge in [-0.1, -0.05) is 19.1 Å². The van der Waals surface area contributed by atoms with Gasteiger partial charge in [-0.15, -0.1) is 0 Å². The molecule has 2 aliphatic rings.